The Hall–Kier alpha value is -1.51. The monoisotopic (exact) mass is 328 g/mol. The molecule has 7 nitrogen and oxygen atoms in total. The number of nitrogens with zero attached hydrogens (tertiary/aromatic N) is 2. The molecule has 1 N–H and O–H groups in total. The quantitative estimate of drug-likeness (QED) is 0.841. The fourth-order valence-corrected chi connectivity index (χ4v) is 3.03. The number of amides is 1. The summed E-state index contributed by atoms with van der Waals surface area (Å²) in [5.41, 5.74) is 0.690. The van der Waals surface area contributed by atoms with E-state index in [0.29, 0.717) is 18.8 Å². The molecule has 8 heteroatoms. The van der Waals surface area contributed by atoms with E-state index in [1.54, 1.807) is 0 Å². The van der Waals surface area contributed by atoms with Gasteiger partial charge in [0.15, 0.2) is 6.10 Å². The second kappa shape index (κ2) is 7.66. The Morgan fingerprint density at radius 3 is 3.09 bits per heavy atom. The third-order valence-electron chi connectivity index (χ3n) is 3.36. The van der Waals surface area contributed by atoms with Crippen LogP contribution in [0, 0.1) is 0 Å². The van der Waals surface area contributed by atoms with Crippen LogP contribution in [0.3, 0.4) is 0 Å². The molecule has 122 valence electrons. The minimum atomic E-state index is -1.04. The molecule has 2 atom stereocenters. The first kappa shape index (κ1) is 16.9. The van der Waals surface area contributed by atoms with Crippen LogP contribution in [0.1, 0.15) is 30.7 Å². The van der Waals surface area contributed by atoms with Gasteiger partial charge in [0.05, 0.1) is 25.3 Å². The standard InChI is InChI=1S/C14H20N2O5S/c1-3-20-9(2)13-15-10(8-22-13)6-12(17)16-4-5-21-11(7-16)14(18)19/h8-9,11H,3-7H2,1-2H3,(H,18,19)/t9-,11-/m0/s1. The largest absolute Gasteiger partial charge is 0.479 e. The van der Waals surface area contributed by atoms with Gasteiger partial charge in [-0.3, -0.25) is 4.79 Å². The zero-order valence-electron chi connectivity index (χ0n) is 12.7. The molecule has 0 saturated carbocycles. The van der Waals surface area contributed by atoms with E-state index in [2.05, 4.69) is 4.98 Å². The lowest BCUT2D eigenvalue weighted by atomic mass is 10.2. The van der Waals surface area contributed by atoms with Crippen molar-refractivity contribution in [3.8, 4) is 0 Å². The molecule has 0 spiro atoms. The van der Waals surface area contributed by atoms with Crippen molar-refractivity contribution in [2.75, 3.05) is 26.3 Å². The average Bonchev–Trinajstić information content (AvgIpc) is 2.96. The Morgan fingerprint density at radius 1 is 1.64 bits per heavy atom. The van der Waals surface area contributed by atoms with Crippen LogP contribution >= 0.6 is 11.3 Å². The van der Waals surface area contributed by atoms with Crippen LogP contribution in [0.15, 0.2) is 5.38 Å². The van der Waals surface area contributed by atoms with Crippen LogP contribution in [0.2, 0.25) is 0 Å². The summed E-state index contributed by atoms with van der Waals surface area (Å²) < 4.78 is 10.6. The van der Waals surface area contributed by atoms with Crippen molar-refractivity contribution < 1.29 is 24.2 Å². The fourth-order valence-electron chi connectivity index (χ4n) is 2.20. The number of rotatable bonds is 6. The molecule has 1 amide bonds. The number of hydrogen-bond donors (Lipinski definition) is 1. The topological polar surface area (TPSA) is 89.0 Å². The summed E-state index contributed by atoms with van der Waals surface area (Å²) in [6, 6.07) is 0. The predicted octanol–water partition coefficient (Wildman–Crippen LogP) is 1.10. The summed E-state index contributed by atoms with van der Waals surface area (Å²) in [5.74, 6) is -1.17. The number of carboxylic acids is 1. The lowest BCUT2D eigenvalue weighted by Gasteiger charge is -2.30. The molecular formula is C14H20N2O5S. The van der Waals surface area contributed by atoms with Crippen molar-refractivity contribution in [3.63, 3.8) is 0 Å². The molecule has 1 aromatic heterocycles. The number of carbonyl (C=O) groups excluding carboxylic acids is 1. The minimum absolute atomic E-state index is 0.0838. The third-order valence-corrected chi connectivity index (χ3v) is 4.42. The molecule has 0 radical (unpaired) electrons. The Morgan fingerprint density at radius 2 is 2.41 bits per heavy atom. The molecule has 0 aromatic carbocycles. The molecule has 0 bridgehead atoms. The van der Waals surface area contributed by atoms with Gasteiger partial charge in [-0.25, -0.2) is 9.78 Å². The van der Waals surface area contributed by atoms with Gasteiger partial charge in [0, 0.05) is 18.5 Å². The highest BCUT2D eigenvalue weighted by Gasteiger charge is 2.29. The van der Waals surface area contributed by atoms with Crippen molar-refractivity contribution in [3.05, 3.63) is 16.1 Å². The minimum Gasteiger partial charge on any atom is -0.479 e. The summed E-state index contributed by atoms with van der Waals surface area (Å²) in [5, 5.41) is 11.6. The van der Waals surface area contributed by atoms with Gasteiger partial charge in [-0.15, -0.1) is 11.3 Å². The van der Waals surface area contributed by atoms with Gasteiger partial charge < -0.3 is 19.5 Å². The average molecular weight is 328 g/mol. The highest BCUT2D eigenvalue weighted by atomic mass is 32.1. The SMILES string of the molecule is CCO[C@@H](C)c1nc(CC(=O)N2CCO[C@H](C(=O)O)C2)cs1. The molecule has 1 aliphatic rings. The molecule has 22 heavy (non-hydrogen) atoms. The second-order valence-corrected chi connectivity index (χ2v) is 5.88. The lowest BCUT2D eigenvalue weighted by Crippen LogP contribution is -2.49. The zero-order valence-corrected chi connectivity index (χ0v) is 13.5. The van der Waals surface area contributed by atoms with Gasteiger partial charge in [-0.1, -0.05) is 0 Å². The van der Waals surface area contributed by atoms with Crippen molar-refractivity contribution in [2.45, 2.75) is 32.5 Å². The summed E-state index contributed by atoms with van der Waals surface area (Å²) >= 11 is 1.47. The number of thiazole rings is 1. The third kappa shape index (κ3) is 4.25. The Labute approximate surface area is 132 Å². The van der Waals surface area contributed by atoms with Crippen LogP contribution < -0.4 is 0 Å². The Kier molecular flexibility index (Phi) is 5.87. The second-order valence-electron chi connectivity index (χ2n) is 4.99. The lowest BCUT2D eigenvalue weighted by molar-refractivity contribution is -0.159. The van der Waals surface area contributed by atoms with Gasteiger partial charge in [-0.05, 0) is 13.8 Å². The summed E-state index contributed by atoms with van der Waals surface area (Å²) in [4.78, 5) is 29.1. The normalized spacial score (nSPS) is 19.9. The molecule has 1 fully saturated rings. The number of carboxylic acid groups (broad SMARTS) is 1. The molecule has 1 saturated heterocycles. The maximum atomic E-state index is 12.3. The predicted molar refractivity (Wildman–Crippen MR) is 79.8 cm³/mol. The van der Waals surface area contributed by atoms with E-state index in [1.165, 1.54) is 16.2 Å². The van der Waals surface area contributed by atoms with Gasteiger partial charge in [0.25, 0.3) is 0 Å². The maximum absolute atomic E-state index is 12.3. The molecule has 2 heterocycles. The van der Waals surface area contributed by atoms with Crippen molar-refractivity contribution in [1.82, 2.24) is 9.88 Å². The van der Waals surface area contributed by atoms with E-state index < -0.39 is 12.1 Å². The summed E-state index contributed by atoms with van der Waals surface area (Å²) in [7, 11) is 0. The molecule has 2 rings (SSSR count). The maximum Gasteiger partial charge on any atom is 0.334 e. The van der Waals surface area contributed by atoms with E-state index in [1.807, 2.05) is 19.2 Å². The van der Waals surface area contributed by atoms with Gasteiger partial charge in [0.1, 0.15) is 11.1 Å². The van der Waals surface area contributed by atoms with Gasteiger partial charge in [-0.2, -0.15) is 0 Å². The first-order valence-corrected chi connectivity index (χ1v) is 8.07. The van der Waals surface area contributed by atoms with E-state index in [0.717, 1.165) is 5.01 Å². The van der Waals surface area contributed by atoms with Crippen LogP contribution in [0.25, 0.3) is 0 Å². The van der Waals surface area contributed by atoms with Crippen molar-refractivity contribution >= 4 is 23.2 Å². The zero-order chi connectivity index (χ0) is 16.1. The van der Waals surface area contributed by atoms with E-state index in [9.17, 15) is 9.59 Å². The van der Waals surface area contributed by atoms with Crippen LogP contribution in [0.5, 0.6) is 0 Å². The highest BCUT2D eigenvalue weighted by Crippen LogP contribution is 2.21. The first-order chi connectivity index (χ1) is 10.5. The Bertz CT molecular complexity index is 533. The summed E-state index contributed by atoms with van der Waals surface area (Å²) in [6.45, 7) is 5.19. The Balaban J connectivity index is 1.93. The van der Waals surface area contributed by atoms with Crippen LogP contribution in [-0.4, -0.2) is 59.3 Å². The van der Waals surface area contributed by atoms with Crippen molar-refractivity contribution in [1.29, 1.82) is 0 Å². The molecule has 1 aromatic rings. The van der Waals surface area contributed by atoms with E-state index in [4.69, 9.17) is 14.6 Å². The molecule has 0 aliphatic carbocycles. The van der Waals surface area contributed by atoms with Gasteiger partial charge in [0.2, 0.25) is 5.91 Å². The number of morpholine rings is 1. The number of aliphatic carboxylic acids is 1. The summed E-state index contributed by atoms with van der Waals surface area (Å²) in [6.07, 6.45) is -0.859. The van der Waals surface area contributed by atoms with E-state index >= 15 is 0 Å². The number of aromatic nitrogens is 1. The van der Waals surface area contributed by atoms with Gasteiger partial charge >= 0.3 is 5.97 Å². The number of carbonyl (C=O) groups is 2. The highest BCUT2D eigenvalue weighted by molar-refractivity contribution is 7.09. The fraction of sp³-hybridized carbons (Fsp3) is 0.643. The van der Waals surface area contributed by atoms with Crippen LogP contribution in [0.4, 0.5) is 0 Å². The van der Waals surface area contributed by atoms with E-state index in [-0.39, 0.29) is 31.6 Å². The molecule has 1 aliphatic heterocycles. The van der Waals surface area contributed by atoms with Crippen LogP contribution in [-0.2, 0) is 25.5 Å². The molecule has 0 unspecified atom stereocenters. The first-order valence-electron chi connectivity index (χ1n) is 7.19. The molecular weight excluding hydrogens is 308 g/mol. The smallest absolute Gasteiger partial charge is 0.334 e. The number of hydrogen-bond acceptors (Lipinski definition) is 6. The van der Waals surface area contributed by atoms with Crippen molar-refractivity contribution in [2.24, 2.45) is 0 Å². The number of ether oxygens (including phenoxy) is 2.